The molecule has 0 aliphatic carbocycles. The molecular formula is C13H16F3N5. The molecule has 1 aliphatic rings. The summed E-state index contributed by atoms with van der Waals surface area (Å²) in [6.45, 7) is 5.27. The number of aromatic nitrogens is 4. The minimum atomic E-state index is -4.56. The number of rotatable bonds is 1. The Labute approximate surface area is 119 Å². The zero-order valence-electron chi connectivity index (χ0n) is 11.9. The summed E-state index contributed by atoms with van der Waals surface area (Å²) in [7, 11) is 0. The molecule has 2 aromatic rings. The number of hydrogen-bond acceptors (Lipinski definition) is 4. The monoisotopic (exact) mass is 299 g/mol. The lowest BCUT2D eigenvalue weighted by Crippen LogP contribution is -2.31. The zero-order valence-corrected chi connectivity index (χ0v) is 11.9. The fraction of sp³-hybridized carbons (Fsp3) is 0.615. The highest BCUT2D eigenvalue weighted by atomic mass is 19.4. The Balaban J connectivity index is 2.18. The van der Waals surface area contributed by atoms with E-state index in [9.17, 15) is 13.2 Å². The molecule has 3 rings (SSSR count). The number of aryl methyl sites for hydroxylation is 1. The molecule has 0 radical (unpaired) electrons. The van der Waals surface area contributed by atoms with Crippen molar-refractivity contribution in [3.8, 4) is 0 Å². The van der Waals surface area contributed by atoms with Gasteiger partial charge in [-0.3, -0.25) is 0 Å². The molecule has 0 saturated carbocycles. The van der Waals surface area contributed by atoms with Crippen LogP contribution in [0.3, 0.4) is 0 Å². The van der Waals surface area contributed by atoms with Crippen LogP contribution in [0.15, 0.2) is 0 Å². The van der Waals surface area contributed by atoms with Crippen molar-refractivity contribution in [3.63, 3.8) is 0 Å². The lowest BCUT2D eigenvalue weighted by atomic mass is 10.1. The van der Waals surface area contributed by atoms with Gasteiger partial charge < -0.3 is 4.90 Å². The average Bonchev–Trinajstić information content (AvgIpc) is 2.87. The maximum atomic E-state index is 13.0. The number of halogens is 3. The van der Waals surface area contributed by atoms with Crippen LogP contribution in [0.5, 0.6) is 0 Å². The van der Waals surface area contributed by atoms with Gasteiger partial charge in [-0.15, -0.1) is 15.3 Å². The first kappa shape index (κ1) is 14.1. The quantitative estimate of drug-likeness (QED) is 0.812. The number of hydrogen-bond donors (Lipinski definition) is 0. The Hall–Kier alpha value is -1.86. The highest BCUT2D eigenvalue weighted by molar-refractivity contribution is 5.59. The summed E-state index contributed by atoms with van der Waals surface area (Å²) in [5.74, 6) is -0.469. The minimum absolute atomic E-state index is 0.167. The SMILES string of the molecule is Cc1c(N2CCCCC2)nn2c(C(F)(F)F)nnc2c1C. The Morgan fingerprint density at radius 3 is 2.24 bits per heavy atom. The normalized spacial score (nSPS) is 16.7. The number of piperidine rings is 1. The van der Waals surface area contributed by atoms with Crippen molar-refractivity contribution in [1.29, 1.82) is 0 Å². The maximum Gasteiger partial charge on any atom is 0.453 e. The topological polar surface area (TPSA) is 46.3 Å². The van der Waals surface area contributed by atoms with Crippen LogP contribution in [0, 0.1) is 13.8 Å². The van der Waals surface area contributed by atoms with Crippen molar-refractivity contribution < 1.29 is 13.2 Å². The van der Waals surface area contributed by atoms with Gasteiger partial charge >= 0.3 is 6.18 Å². The van der Waals surface area contributed by atoms with Gasteiger partial charge in [0.1, 0.15) is 0 Å². The standard InChI is InChI=1S/C13H16F3N5/c1-8-9(2)11(20-6-4-3-5-7-20)19-21-10(8)17-18-12(21)13(14,15)16/h3-7H2,1-2H3. The summed E-state index contributed by atoms with van der Waals surface area (Å²) < 4.78 is 39.8. The van der Waals surface area contributed by atoms with E-state index in [1.807, 2.05) is 11.8 Å². The van der Waals surface area contributed by atoms with Crippen LogP contribution in [0.4, 0.5) is 19.0 Å². The predicted molar refractivity (Wildman–Crippen MR) is 71.3 cm³/mol. The first-order valence-electron chi connectivity index (χ1n) is 6.94. The molecule has 0 bridgehead atoms. The molecule has 5 nitrogen and oxygen atoms in total. The van der Waals surface area contributed by atoms with Gasteiger partial charge in [0.25, 0.3) is 5.82 Å². The Morgan fingerprint density at radius 2 is 1.62 bits per heavy atom. The Kier molecular flexibility index (Phi) is 3.26. The summed E-state index contributed by atoms with van der Waals surface area (Å²) in [6, 6.07) is 0. The van der Waals surface area contributed by atoms with Gasteiger partial charge in [0, 0.05) is 24.2 Å². The molecule has 8 heteroatoms. The smallest absolute Gasteiger partial charge is 0.355 e. The molecule has 114 valence electrons. The molecule has 1 saturated heterocycles. The molecule has 0 atom stereocenters. The van der Waals surface area contributed by atoms with Crippen LogP contribution in [-0.2, 0) is 6.18 Å². The van der Waals surface area contributed by atoms with Crippen LogP contribution >= 0.6 is 0 Å². The summed E-state index contributed by atoms with van der Waals surface area (Å²) in [5.41, 5.74) is 1.72. The Morgan fingerprint density at radius 1 is 0.952 bits per heavy atom. The van der Waals surface area contributed by atoms with Crippen molar-refractivity contribution in [3.05, 3.63) is 17.0 Å². The number of alkyl halides is 3. The first-order valence-corrected chi connectivity index (χ1v) is 6.94. The Bertz CT molecular complexity index is 670. The zero-order chi connectivity index (χ0) is 15.2. The molecule has 0 amide bonds. The van der Waals surface area contributed by atoms with E-state index in [-0.39, 0.29) is 5.65 Å². The summed E-state index contributed by atoms with van der Waals surface area (Å²) in [5, 5.41) is 11.1. The maximum absolute atomic E-state index is 13.0. The molecular weight excluding hydrogens is 283 g/mol. The van der Waals surface area contributed by atoms with Crippen LogP contribution in [-0.4, -0.2) is 32.9 Å². The van der Waals surface area contributed by atoms with Crippen LogP contribution in [0.25, 0.3) is 5.65 Å². The van der Waals surface area contributed by atoms with E-state index in [1.54, 1.807) is 6.92 Å². The van der Waals surface area contributed by atoms with Gasteiger partial charge in [-0.25, -0.2) is 0 Å². The molecule has 21 heavy (non-hydrogen) atoms. The summed E-state index contributed by atoms with van der Waals surface area (Å²) >= 11 is 0. The third-order valence-corrected chi connectivity index (χ3v) is 3.98. The van der Waals surface area contributed by atoms with Crippen LogP contribution in [0.2, 0.25) is 0 Å². The first-order chi connectivity index (χ1) is 9.89. The second-order valence-corrected chi connectivity index (χ2v) is 5.38. The van der Waals surface area contributed by atoms with Crippen molar-refractivity contribution in [2.75, 3.05) is 18.0 Å². The van der Waals surface area contributed by atoms with E-state index in [0.29, 0.717) is 11.4 Å². The molecule has 2 aromatic heterocycles. The fourth-order valence-electron chi connectivity index (χ4n) is 2.70. The van der Waals surface area contributed by atoms with E-state index in [0.717, 1.165) is 42.4 Å². The van der Waals surface area contributed by atoms with Crippen LogP contribution < -0.4 is 4.90 Å². The highest BCUT2D eigenvalue weighted by Crippen LogP contribution is 2.31. The third kappa shape index (κ3) is 2.32. The van der Waals surface area contributed by atoms with Crippen molar-refractivity contribution in [2.45, 2.75) is 39.3 Å². The third-order valence-electron chi connectivity index (χ3n) is 3.98. The molecule has 0 spiro atoms. The summed E-state index contributed by atoms with van der Waals surface area (Å²) in [4.78, 5) is 2.05. The van der Waals surface area contributed by atoms with Gasteiger partial charge in [0.05, 0.1) is 0 Å². The number of anilines is 1. The molecule has 0 N–H and O–H groups in total. The van der Waals surface area contributed by atoms with Crippen molar-refractivity contribution in [1.82, 2.24) is 19.8 Å². The van der Waals surface area contributed by atoms with Gasteiger partial charge in [-0.05, 0) is 33.1 Å². The summed E-state index contributed by atoms with van der Waals surface area (Å²) in [6.07, 6.45) is -1.34. The predicted octanol–water partition coefficient (Wildman–Crippen LogP) is 2.75. The van der Waals surface area contributed by atoms with E-state index in [4.69, 9.17) is 0 Å². The van der Waals surface area contributed by atoms with Gasteiger partial charge in [-0.2, -0.15) is 17.7 Å². The van der Waals surface area contributed by atoms with E-state index >= 15 is 0 Å². The highest BCUT2D eigenvalue weighted by Gasteiger charge is 2.38. The average molecular weight is 299 g/mol. The van der Waals surface area contributed by atoms with Gasteiger partial charge in [0.15, 0.2) is 11.5 Å². The van der Waals surface area contributed by atoms with Gasteiger partial charge in [-0.1, -0.05) is 0 Å². The fourth-order valence-corrected chi connectivity index (χ4v) is 2.70. The van der Waals surface area contributed by atoms with E-state index < -0.39 is 12.0 Å². The van der Waals surface area contributed by atoms with Crippen molar-refractivity contribution >= 4 is 11.5 Å². The molecule has 0 aromatic carbocycles. The lowest BCUT2D eigenvalue weighted by Gasteiger charge is -2.29. The number of fused-ring (bicyclic) bond motifs is 1. The lowest BCUT2D eigenvalue weighted by molar-refractivity contribution is -0.146. The second kappa shape index (κ2) is 4.85. The minimum Gasteiger partial charge on any atom is -0.355 e. The molecule has 1 fully saturated rings. The van der Waals surface area contributed by atoms with Crippen LogP contribution in [0.1, 0.15) is 36.2 Å². The van der Waals surface area contributed by atoms with Gasteiger partial charge in [0.2, 0.25) is 0 Å². The van der Waals surface area contributed by atoms with Crippen molar-refractivity contribution in [2.24, 2.45) is 0 Å². The molecule has 3 heterocycles. The van der Waals surface area contributed by atoms with E-state index in [1.165, 1.54) is 0 Å². The number of nitrogens with zero attached hydrogens (tertiary/aromatic N) is 5. The molecule has 1 aliphatic heterocycles. The largest absolute Gasteiger partial charge is 0.453 e. The molecule has 0 unspecified atom stereocenters. The second-order valence-electron chi connectivity index (χ2n) is 5.38. The van der Waals surface area contributed by atoms with E-state index in [2.05, 4.69) is 15.3 Å².